The first-order chi connectivity index (χ1) is 9.54. The van der Waals surface area contributed by atoms with Crippen LogP contribution in [0.15, 0.2) is 35.5 Å². The number of pyridine rings is 1. The molecule has 0 atom stereocenters. The first-order valence-electron chi connectivity index (χ1n) is 6.76. The van der Waals surface area contributed by atoms with Crippen LogP contribution in [0.3, 0.4) is 0 Å². The zero-order valence-corrected chi connectivity index (χ0v) is 12.1. The number of hydrogen-bond acceptors (Lipinski definition) is 4. The van der Waals surface area contributed by atoms with Gasteiger partial charge in [0.25, 0.3) is 5.56 Å². The number of nitrogens with zero attached hydrogens (tertiary/aromatic N) is 3. The van der Waals surface area contributed by atoms with Crippen molar-refractivity contribution in [2.75, 3.05) is 11.9 Å². The van der Waals surface area contributed by atoms with Gasteiger partial charge in [-0.1, -0.05) is 19.9 Å². The van der Waals surface area contributed by atoms with E-state index in [1.165, 1.54) is 4.68 Å². The summed E-state index contributed by atoms with van der Waals surface area (Å²) in [6.07, 6.45) is 5.23. The van der Waals surface area contributed by atoms with Gasteiger partial charge >= 0.3 is 0 Å². The second-order valence-electron chi connectivity index (χ2n) is 5.39. The van der Waals surface area contributed by atoms with E-state index in [1.54, 1.807) is 24.7 Å². The lowest BCUT2D eigenvalue weighted by molar-refractivity contribution is 0.635. The van der Waals surface area contributed by atoms with E-state index in [-0.39, 0.29) is 5.56 Å². The van der Waals surface area contributed by atoms with Crippen molar-refractivity contribution >= 4 is 5.69 Å². The topological polar surface area (TPSA) is 59.8 Å². The predicted octanol–water partition coefficient (Wildman–Crippen LogP) is 2.06. The number of nitrogens with one attached hydrogen (secondary N) is 1. The van der Waals surface area contributed by atoms with Crippen LogP contribution in [-0.4, -0.2) is 21.3 Å². The second-order valence-corrected chi connectivity index (χ2v) is 5.39. The molecule has 0 spiro atoms. The van der Waals surface area contributed by atoms with Gasteiger partial charge in [-0.3, -0.25) is 9.78 Å². The minimum Gasteiger partial charge on any atom is -0.383 e. The molecule has 106 valence electrons. The van der Waals surface area contributed by atoms with Crippen LogP contribution in [0.5, 0.6) is 0 Å². The van der Waals surface area contributed by atoms with E-state index < -0.39 is 0 Å². The largest absolute Gasteiger partial charge is 0.383 e. The monoisotopic (exact) mass is 272 g/mol. The molecule has 1 N–H and O–H groups in total. The fourth-order valence-electron chi connectivity index (χ4n) is 1.85. The zero-order valence-electron chi connectivity index (χ0n) is 12.1. The summed E-state index contributed by atoms with van der Waals surface area (Å²) in [6, 6.07) is 3.59. The Bertz CT molecular complexity index is 634. The number of rotatable bonds is 5. The molecule has 5 heteroatoms. The van der Waals surface area contributed by atoms with Crippen LogP contribution in [0.4, 0.5) is 5.69 Å². The summed E-state index contributed by atoms with van der Waals surface area (Å²) >= 11 is 0. The molecule has 0 amide bonds. The number of aryl methyl sites for hydroxylation is 1. The maximum atomic E-state index is 12.0. The fourth-order valence-corrected chi connectivity index (χ4v) is 1.85. The molecule has 2 rings (SSSR count). The van der Waals surface area contributed by atoms with E-state index >= 15 is 0 Å². The van der Waals surface area contributed by atoms with E-state index in [1.807, 2.05) is 13.0 Å². The maximum Gasteiger partial charge on any atom is 0.269 e. The van der Waals surface area contributed by atoms with Gasteiger partial charge in [-0.25, -0.2) is 4.68 Å². The molecule has 0 bridgehead atoms. The highest BCUT2D eigenvalue weighted by Crippen LogP contribution is 2.04. The van der Waals surface area contributed by atoms with Gasteiger partial charge in [0, 0.05) is 25.0 Å². The Balaban J connectivity index is 2.12. The van der Waals surface area contributed by atoms with Crippen molar-refractivity contribution in [1.82, 2.24) is 14.8 Å². The molecular formula is C15H20N4O. The summed E-state index contributed by atoms with van der Waals surface area (Å²) in [5, 5.41) is 7.39. The Labute approximate surface area is 118 Å². The molecule has 0 unspecified atom stereocenters. The summed E-state index contributed by atoms with van der Waals surface area (Å²) in [4.78, 5) is 16.1. The third-order valence-electron chi connectivity index (χ3n) is 2.85. The summed E-state index contributed by atoms with van der Waals surface area (Å²) in [5.41, 5.74) is 2.70. The zero-order chi connectivity index (χ0) is 14.5. The van der Waals surface area contributed by atoms with Crippen LogP contribution in [0.2, 0.25) is 0 Å². The van der Waals surface area contributed by atoms with Gasteiger partial charge in [0.15, 0.2) is 0 Å². The van der Waals surface area contributed by atoms with Crippen molar-refractivity contribution in [2.24, 2.45) is 5.92 Å². The Morgan fingerprint density at radius 2 is 2.05 bits per heavy atom. The van der Waals surface area contributed by atoms with Crippen LogP contribution in [0.25, 0.3) is 0 Å². The number of anilines is 1. The first-order valence-corrected chi connectivity index (χ1v) is 6.76. The van der Waals surface area contributed by atoms with Crippen molar-refractivity contribution in [2.45, 2.75) is 27.3 Å². The van der Waals surface area contributed by atoms with Crippen molar-refractivity contribution in [3.05, 3.63) is 52.2 Å². The molecule has 0 radical (unpaired) electrons. The molecule has 0 aliphatic heterocycles. The lowest BCUT2D eigenvalue weighted by Crippen LogP contribution is -2.23. The Morgan fingerprint density at radius 3 is 2.70 bits per heavy atom. The summed E-state index contributed by atoms with van der Waals surface area (Å²) in [5.74, 6) is 0.524. The SMILES string of the molecule is Cc1cncc(Cn2ncc(NCC(C)C)cc2=O)c1. The Kier molecular flexibility index (Phi) is 4.50. The van der Waals surface area contributed by atoms with Gasteiger partial charge in [0.1, 0.15) is 0 Å². The van der Waals surface area contributed by atoms with E-state index in [0.717, 1.165) is 23.4 Å². The normalized spacial score (nSPS) is 10.8. The highest BCUT2D eigenvalue weighted by atomic mass is 16.1. The van der Waals surface area contributed by atoms with Gasteiger partial charge in [-0.05, 0) is 24.0 Å². The molecule has 2 aromatic rings. The third kappa shape index (κ3) is 3.91. The molecule has 5 nitrogen and oxygen atoms in total. The average molecular weight is 272 g/mol. The standard InChI is InChI=1S/C15H20N4O/c1-11(2)6-17-14-5-15(20)19(18-9-14)10-13-4-12(3)7-16-8-13/h4-5,7-9,11,17H,6,10H2,1-3H3. The van der Waals surface area contributed by atoms with Crippen LogP contribution in [0, 0.1) is 12.8 Å². The van der Waals surface area contributed by atoms with Gasteiger partial charge < -0.3 is 5.32 Å². The predicted molar refractivity (Wildman–Crippen MR) is 79.9 cm³/mol. The smallest absolute Gasteiger partial charge is 0.269 e. The van der Waals surface area contributed by atoms with Crippen molar-refractivity contribution < 1.29 is 0 Å². The Morgan fingerprint density at radius 1 is 1.25 bits per heavy atom. The number of aromatic nitrogens is 3. The second kappa shape index (κ2) is 6.32. The van der Waals surface area contributed by atoms with Crippen LogP contribution in [-0.2, 0) is 6.54 Å². The molecular weight excluding hydrogens is 252 g/mol. The summed E-state index contributed by atoms with van der Waals surface area (Å²) in [6.45, 7) is 7.48. The lowest BCUT2D eigenvalue weighted by atomic mass is 10.2. The summed E-state index contributed by atoms with van der Waals surface area (Å²) < 4.78 is 1.44. The molecule has 0 aliphatic rings. The van der Waals surface area contributed by atoms with Gasteiger partial charge in [0.05, 0.1) is 18.4 Å². The average Bonchev–Trinajstić information content (AvgIpc) is 2.39. The molecule has 0 saturated carbocycles. The van der Waals surface area contributed by atoms with Crippen LogP contribution in [0.1, 0.15) is 25.0 Å². The molecule has 20 heavy (non-hydrogen) atoms. The molecule has 0 aliphatic carbocycles. The van der Waals surface area contributed by atoms with E-state index in [0.29, 0.717) is 12.5 Å². The first kappa shape index (κ1) is 14.2. The van der Waals surface area contributed by atoms with Gasteiger partial charge in [-0.2, -0.15) is 5.10 Å². The lowest BCUT2D eigenvalue weighted by Gasteiger charge is -2.10. The van der Waals surface area contributed by atoms with Gasteiger partial charge in [-0.15, -0.1) is 0 Å². The number of hydrogen-bond donors (Lipinski definition) is 1. The fraction of sp³-hybridized carbons (Fsp3) is 0.400. The maximum absolute atomic E-state index is 12.0. The molecule has 0 aromatic carbocycles. The van der Waals surface area contributed by atoms with Crippen molar-refractivity contribution in [1.29, 1.82) is 0 Å². The van der Waals surface area contributed by atoms with E-state index in [9.17, 15) is 4.79 Å². The van der Waals surface area contributed by atoms with Crippen molar-refractivity contribution in [3.63, 3.8) is 0 Å². The molecule has 0 fully saturated rings. The minimum absolute atomic E-state index is 0.111. The van der Waals surface area contributed by atoms with Crippen molar-refractivity contribution in [3.8, 4) is 0 Å². The van der Waals surface area contributed by atoms with E-state index in [2.05, 4.69) is 29.2 Å². The quantitative estimate of drug-likeness (QED) is 0.905. The summed E-state index contributed by atoms with van der Waals surface area (Å²) in [7, 11) is 0. The van der Waals surface area contributed by atoms with E-state index in [4.69, 9.17) is 0 Å². The van der Waals surface area contributed by atoms with Crippen LogP contribution >= 0.6 is 0 Å². The molecule has 2 aromatic heterocycles. The highest BCUT2D eigenvalue weighted by Gasteiger charge is 2.03. The van der Waals surface area contributed by atoms with Crippen LogP contribution < -0.4 is 10.9 Å². The molecule has 0 saturated heterocycles. The highest BCUT2D eigenvalue weighted by molar-refractivity contribution is 5.38. The Hall–Kier alpha value is -2.17. The minimum atomic E-state index is -0.111. The third-order valence-corrected chi connectivity index (χ3v) is 2.85. The van der Waals surface area contributed by atoms with Gasteiger partial charge in [0.2, 0.25) is 0 Å². The molecule has 2 heterocycles.